The number of nitrogens with two attached hydrogens (primary N) is 1. The summed E-state index contributed by atoms with van der Waals surface area (Å²) in [4.78, 5) is 15.8. The first-order valence-electron chi connectivity index (χ1n) is 7.40. The Bertz CT molecular complexity index is 646. The van der Waals surface area contributed by atoms with Gasteiger partial charge in [0.2, 0.25) is 0 Å². The van der Waals surface area contributed by atoms with Crippen LogP contribution in [0.1, 0.15) is 40.6 Å². The Hall–Kier alpha value is -1.81. The van der Waals surface area contributed by atoms with E-state index in [0.29, 0.717) is 12.6 Å². The molecule has 1 amide bonds. The third kappa shape index (κ3) is 3.10. The van der Waals surface area contributed by atoms with Gasteiger partial charge in [0, 0.05) is 18.3 Å². The van der Waals surface area contributed by atoms with Crippen molar-refractivity contribution in [1.82, 2.24) is 4.90 Å². The molecule has 21 heavy (non-hydrogen) atoms. The van der Waals surface area contributed by atoms with Crippen molar-refractivity contribution in [3.8, 4) is 0 Å². The number of benzene rings is 1. The van der Waals surface area contributed by atoms with Gasteiger partial charge >= 0.3 is 0 Å². The molecular formula is C17H20N2OS. The summed E-state index contributed by atoms with van der Waals surface area (Å²) in [5.41, 5.74) is 8.85. The largest absolute Gasteiger partial charge is 0.399 e. The predicted molar refractivity (Wildman–Crippen MR) is 87.4 cm³/mol. The summed E-state index contributed by atoms with van der Waals surface area (Å²) in [6, 6.07) is 10.3. The third-order valence-electron chi connectivity index (χ3n) is 3.87. The molecule has 1 heterocycles. The van der Waals surface area contributed by atoms with Crippen molar-refractivity contribution in [2.45, 2.75) is 38.8 Å². The van der Waals surface area contributed by atoms with Gasteiger partial charge in [-0.2, -0.15) is 0 Å². The van der Waals surface area contributed by atoms with E-state index in [0.717, 1.165) is 41.0 Å². The van der Waals surface area contributed by atoms with Crippen molar-refractivity contribution in [2.75, 3.05) is 5.73 Å². The molecule has 4 heteroatoms. The van der Waals surface area contributed by atoms with E-state index in [2.05, 4.69) is 13.0 Å². The Balaban J connectivity index is 1.83. The SMILES string of the molecule is CCc1ccsc1C(=O)N(Cc1cccc(N)c1)C1CC1. The minimum Gasteiger partial charge on any atom is -0.399 e. The minimum absolute atomic E-state index is 0.173. The molecule has 0 radical (unpaired) electrons. The summed E-state index contributed by atoms with van der Waals surface area (Å²) in [6.07, 6.45) is 3.13. The Morgan fingerprint density at radius 1 is 1.38 bits per heavy atom. The summed E-state index contributed by atoms with van der Waals surface area (Å²) in [7, 11) is 0. The van der Waals surface area contributed by atoms with Crippen LogP contribution in [0.3, 0.4) is 0 Å². The highest BCUT2D eigenvalue weighted by Gasteiger charge is 2.34. The number of rotatable bonds is 5. The van der Waals surface area contributed by atoms with Crippen LogP contribution in [0.15, 0.2) is 35.7 Å². The lowest BCUT2D eigenvalue weighted by atomic mass is 10.1. The second kappa shape index (κ2) is 5.90. The lowest BCUT2D eigenvalue weighted by Gasteiger charge is -2.22. The Morgan fingerprint density at radius 3 is 2.86 bits per heavy atom. The van der Waals surface area contributed by atoms with Gasteiger partial charge in [0.15, 0.2) is 0 Å². The van der Waals surface area contributed by atoms with Crippen LogP contribution in [0, 0.1) is 0 Å². The predicted octanol–water partition coefficient (Wildman–Crippen LogP) is 3.70. The lowest BCUT2D eigenvalue weighted by molar-refractivity contribution is 0.0734. The van der Waals surface area contributed by atoms with Crippen molar-refractivity contribution in [1.29, 1.82) is 0 Å². The smallest absolute Gasteiger partial charge is 0.264 e. The zero-order valence-corrected chi connectivity index (χ0v) is 13.0. The van der Waals surface area contributed by atoms with E-state index in [1.807, 2.05) is 34.5 Å². The molecule has 0 aliphatic heterocycles. The Labute approximate surface area is 129 Å². The molecule has 2 N–H and O–H groups in total. The Morgan fingerprint density at radius 2 is 2.19 bits per heavy atom. The number of hydrogen-bond donors (Lipinski definition) is 1. The van der Waals surface area contributed by atoms with Crippen LogP contribution in [-0.2, 0) is 13.0 Å². The van der Waals surface area contributed by atoms with Crippen LogP contribution >= 0.6 is 11.3 Å². The monoisotopic (exact) mass is 300 g/mol. The molecule has 110 valence electrons. The number of nitrogens with zero attached hydrogens (tertiary/aromatic N) is 1. The van der Waals surface area contributed by atoms with E-state index in [9.17, 15) is 4.79 Å². The fourth-order valence-corrected chi connectivity index (χ4v) is 3.52. The van der Waals surface area contributed by atoms with Gasteiger partial charge in [0.05, 0.1) is 4.88 Å². The quantitative estimate of drug-likeness (QED) is 0.856. The fourth-order valence-electron chi connectivity index (χ4n) is 2.57. The number of carbonyl (C=O) groups is 1. The van der Waals surface area contributed by atoms with E-state index in [1.165, 1.54) is 0 Å². The van der Waals surface area contributed by atoms with E-state index in [1.54, 1.807) is 11.3 Å². The summed E-state index contributed by atoms with van der Waals surface area (Å²) >= 11 is 1.55. The van der Waals surface area contributed by atoms with Crippen molar-refractivity contribution in [2.24, 2.45) is 0 Å². The zero-order chi connectivity index (χ0) is 14.8. The minimum atomic E-state index is 0.173. The number of nitrogen functional groups attached to an aromatic ring is 1. The summed E-state index contributed by atoms with van der Waals surface area (Å²) < 4.78 is 0. The molecule has 3 rings (SSSR count). The number of aryl methyl sites for hydroxylation is 1. The van der Waals surface area contributed by atoms with Crippen molar-refractivity contribution in [3.05, 3.63) is 51.7 Å². The van der Waals surface area contributed by atoms with Crippen molar-refractivity contribution >= 4 is 22.9 Å². The summed E-state index contributed by atoms with van der Waals surface area (Å²) in [6.45, 7) is 2.74. The number of amides is 1. The molecule has 1 aliphatic rings. The van der Waals surface area contributed by atoms with Crippen LogP contribution < -0.4 is 5.73 Å². The number of anilines is 1. The van der Waals surface area contributed by atoms with Crippen LogP contribution in [0.25, 0.3) is 0 Å². The molecule has 0 spiro atoms. The van der Waals surface area contributed by atoms with Crippen LogP contribution in [0.5, 0.6) is 0 Å². The molecule has 2 aromatic rings. The van der Waals surface area contributed by atoms with E-state index >= 15 is 0 Å². The summed E-state index contributed by atoms with van der Waals surface area (Å²) in [5, 5.41) is 2.01. The normalized spacial score (nSPS) is 14.1. The topological polar surface area (TPSA) is 46.3 Å². The number of thiophene rings is 1. The maximum absolute atomic E-state index is 12.9. The average molecular weight is 300 g/mol. The van der Waals surface area contributed by atoms with Crippen LogP contribution in [0.2, 0.25) is 0 Å². The number of hydrogen-bond acceptors (Lipinski definition) is 3. The molecule has 0 bridgehead atoms. The molecule has 1 fully saturated rings. The van der Waals surface area contributed by atoms with Gasteiger partial charge in [0.25, 0.3) is 5.91 Å². The van der Waals surface area contributed by atoms with Crippen LogP contribution in [-0.4, -0.2) is 16.8 Å². The van der Waals surface area contributed by atoms with E-state index < -0.39 is 0 Å². The summed E-state index contributed by atoms with van der Waals surface area (Å²) in [5.74, 6) is 0.173. The number of carbonyl (C=O) groups excluding carboxylic acids is 1. The van der Waals surface area contributed by atoms with Gasteiger partial charge in [-0.25, -0.2) is 0 Å². The van der Waals surface area contributed by atoms with Gasteiger partial charge in [-0.15, -0.1) is 11.3 Å². The highest BCUT2D eigenvalue weighted by atomic mass is 32.1. The van der Waals surface area contributed by atoms with Gasteiger partial charge in [-0.3, -0.25) is 4.79 Å². The average Bonchev–Trinajstić information content (AvgIpc) is 3.20. The van der Waals surface area contributed by atoms with E-state index in [-0.39, 0.29) is 5.91 Å². The second-order valence-electron chi connectivity index (χ2n) is 5.54. The maximum Gasteiger partial charge on any atom is 0.264 e. The highest BCUT2D eigenvalue weighted by Crippen LogP contribution is 2.32. The molecule has 0 unspecified atom stereocenters. The molecular weight excluding hydrogens is 280 g/mol. The molecule has 1 aromatic heterocycles. The molecule has 1 aromatic carbocycles. The standard InChI is InChI=1S/C17H20N2OS/c1-2-13-8-9-21-16(13)17(20)19(15-6-7-15)11-12-4-3-5-14(18)10-12/h3-5,8-10,15H,2,6-7,11,18H2,1H3. The van der Waals surface area contributed by atoms with Crippen molar-refractivity contribution < 1.29 is 4.79 Å². The van der Waals surface area contributed by atoms with Gasteiger partial charge in [-0.05, 0) is 54.0 Å². The highest BCUT2D eigenvalue weighted by molar-refractivity contribution is 7.12. The lowest BCUT2D eigenvalue weighted by Crippen LogP contribution is -2.32. The first-order valence-corrected chi connectivity index (χ1v) is 8.28. The zero-order valence-electron chi connectivity index (χ0n) is 12.2. The van der Waals surface area contributed by atoms with Gasteiger partial charge in [-0.1, -0.05) is 19.1 Å². The second-order valence-corrected chi connectivity index (χ2v) is 6.45. The molecule has 1 aliphatic carbocycles. The first kappa shape index (κ1) is 14.1. The molecule has 3 nitrogen and oxygen atoms in total. The first-order chi connectivity index (χ1) is 10.2. The molecule has 0 atom stereocenters. The Kier molecular flexibility index (Phi) is 3.97. The fraction of sp³-hybridized carbons (Fsp3) is 0.353. The molecule has 0 saturated heterocycles. The van der Waals surface area contributed by atoms with Gasteiger partial charge < -0.3 is 10.6 Å². The van der Waals surface area contributed by atoms with Crippen LogP contribution in [0.4, 0.5) is 5.69 Å². The molecule has 1 saturated carbocycles. The van der Waals surface area contributed by atoms with E-state index in [4.69, 9.17) is 5.73 Å². The maximum atomic E-state index is 12.9. The third-order valence-corrected chi connectivity index (χ3v) is 4.82. The van der Waals surface area contributed by atoms with Crippen molar-refractivity contribution in [3.63, 3.8) is 0 Å². The van der Waals surface area contributed by atoms with Gasteiger partial charge in [0.1, 0.15) is 0 Å².